The fourth-order valence-corrected chi connectivity index (χ4v) is 5.13. The molecule has 0 aliphatic heterocycles. The van der Waals surface area contributed by atoms with Crippen LogP contribution in [0, 0.1) is 6.92 Å². The fraction of sp³-hybridized carbons (Fsp3) is 0.100. The molecule has 0 spiro atoms. The first-order valence-electron chi connectivity index (χ1n) is 8.67. The van der Waals surface area contributed by atoms with Crippen LogP contribution in [0.5, 0.6) is 5.75 Å². The Labute approximate surface area is 184 Å². The molecule has 0 unspecified atom stereocenters. The molecule has 0 amide bonds. The third kappa shape index (κ3) is 5.13. The lowest BCUT2D eigenvalue weighted by Gasteiger charge is -2.12. The predicted octanol–water partition coefficient (Wildman–Crippen LogP) is 4.37. The number of hydrogen-bond acceptors (Lipinski definition) is 5. The van der Waals surface area contributed by atoms with E-state index in [4.69, 9.17) is 4.74 Å². The minimum atomic E-state index is -3.84. The minimum Gasteiger partial charge on any atom is -0.496 e. The molecule has 158 valence electrons. The average Bonchev–Trinajstić information content (AvgIpc) is 2.69. The standard InChI is InChI=1S/C20H19BrN2O5S2/c1-14-13-19(11-12-20(14)28-2)30(26,27)23-17-7-9-18(10-8-17)29(24,25)22-16-5-3-15(21)4-6-16/h3-13,22-23H,1-2H3. The van der Waals surface area contributed by atoms with E-state index in [1.54, 1.807) is 37.3 Å². The Morgan fingerprint density at radius 2 is 1.20 bits per heavy atom. The molecule has 2 N–H and O–H groups in total. The number of hydrogen-bond donors (Lipinski definition) is 2. The van der Waals surface area contributed by atoms with Gasteiger partial charge in [-0.25, -0.2) is 16.8 Å². The van der Waals surface area contributed by atoms with Gasteiger partial charge in [0.05, 0.1) is 16.9 Å². The molecule has 0 heterocycles. The highest BCUT2D eigenvalue weighted by Gasteiger charge is 2.18. The Bertz CT molecular complexity index is 1260. The van der Waals surface area contributed by atoms with Crippen LogP contribution in [-0.2, 0) is 20.0 Å². The maximum atomic E-state index is 12.6. The number of methoxy groups -OCH3 is 1. The van der Waals surface area contributed by atoms with Gasteiger partial charge in [0, 0.05) is 15.8 Å². The van der Waals surface area contributed by atoms with Crippen molar-refractivity contribution < 1.29 is 21.6 Å². The third-order valence-electron chi connectivity index (χ3n) is 4.19. The molecule has 0 atom stereocenters. The van der Waals surface area contributed by atoms with Gasteiger partial charge in [-0.2, -0.15) is 0 Å². The zero-order chi connectivity index (χ0) is 21.9. The van der Waals surface area contributed by atoms with Crippen LogP contribution in [0.1, 0.15) is 5.56 Å². The van der Waals surface area contributed by atoms with Crippen molar-refractivity contribution in [3.8, 4) is 5.75 Å². The number of aryl methyl sites for hydroxylation is 1. The van der Waals surface area contributed by atoms with Gasteiger partial charge < -0.3 is 4.74 Å². The number of rotatable bonds is 7. The molecular formula is C20H19BrN2O5S2. The third-order valence-corrected chi connectivity index (χ3v) is 7.49. The highest BCUT2D eigenvalue weighted by Crippen LogP contribution is 2.24. The van der Waals surface area contributed by atoms with Crippen molar-refractivity contribution >= 4 is 47.4 Å². The van der Waals surface area contributed by atoms with Crippen LogP contribution in [-0.4, -0.2) is 23.9 Å². The van der Waals surface area contributed by atoms with Gasteiger partial charge in [0.1, 0.15) is 5.75 Å². The van der Waals surface area contributed by atoms with Crippen molar-refractivity contribution in [2.24, 2.45) is 0 Å². The van der Waals surface area contributed by atoms with E-state index in [9.17, 15) is 16.8 Å². The zero-order valence-electron chi connectivity index (χ0n) is 16.1. The molecule has 3 rings (SSSR count). The first-order chi connectivity index (χ1) is 14.1. The van der Waals surface area contributed by atoms with E-state index >= 15 is 0 Å². The van der Waals surface area contributed by atoms with Crippen molar-refractivity contribution in [2.45, 2.75) is 16.7 Å². The van der Waals surface area contributed by atoms with Crippen LogP contribution in [0.25, 0.3) is 0 Å². The van der Waals surface area contributed by atoms with Crippen LogP contribution < -0.4 is 14.2 Å². The molecule has 0 radical (unpaired) electrons. The van der Waals surface area contributed by atoms with E-state index in [0.29, 0.717) is 17.0 Å². The average molecular weight is 511 g/mol. The minimum absolute atomic E-state index is 0.00802. The van der Waals surface area contributed by atoms with Gasteiger partial charge in [-0.15, -0.1) is 0 Å². The normalized spacial score (nSPS) is 11.7. The molecule has 3 aromatic carbocycles. The van der Waals surface area contributed by atoms with Crippen LogP contribution in [0.15, 0.2) is 81.0 Å². The summed E-state index contributed by atoms with van der Waals surface area (Å²) in [6.45, 7) is 1.75. The fourth-order valence-electron chi connectivity index (χ4n) is 2.67. The molecule has 0 aliphatic rings. The molecule has 3 aromatic rings. The molecule has 30 heavy (non-hydrogen) atoms. The topological polar surface area (TPSA) is 102 Å². The molecule has 0 aliphatic carbocycles. The molecule has 0 fully saturated rings. The molecule has 0 aromatic heterocycles. The summed E-state index contributed by atoms with van der Waals surface area (Å²) in [4.78, 5) is 0.0862. The quantitative estimate of drug-likeness (QED) is 0.491. The monoisotopic (exact) mass is 510 g/mol. The molecule has 0 bridgehead atoms. The lowest BCUT2D eigenvalue weighted by molar-refractivity contribution is 0.411. The van der Waals surface area contributed by atoms with Gasteiger partial charge >= 0.3 is 0 Å². The first kappa shape index (κ1) is 22.1. The number of benzene rings is 3. The van der Waals surface area contributed by atoms with Crippen LogP contribution in [0.2, 0.25) is 0 Å². The summed E-state index contributed by atoms with van der Waals surface area (Å²) in [5.41, 5.74) is 1.34. The maximum absolute atomic E-state index is 12.6. The second-order valence-corrected chi connectivity index (χ2v) is 10.7. The number of sulfonamides is 2. The van der Waals surface area contributed by atoms with Gasteiger partial charge in [-0.05, 0) is 79.2 Å². The van der Waals surface area contributed by atoms with Gasteiger partial charge in [0.25, 0.3) is 20.0 Å². The van der Waals surface area contributed by atoms with Crippen molar-refractivity contribution in [1.29, 1.82) is 0 Å². The molecule has 0 saturated heterocycles. The van der Waals surface area contributed by atoms with E-state index < -0.39 is 20.0 Å². The second-order valence-electron chi connectivity index (χ2n) is 6.37. The molecule has 7 nitrogen and oxygen atoms in total. The summed E-state index contributed by atoms with van der Waals surface area (Å²) in [5, 5.41) is 0. The number of halogens is 1. The maximum Gasteiger partial charge on any atom is 0.261 e. The van der Waals surface area contributed by atoms with Gasteiger partial charge in [0.15, 0.2) is 0 Å². The molecule has 10 heteroatoms. The molecular weight excluding hydrogens is 492 g/mol. The van der Waals surface area contributed by atoms with Crippen molar-refractivity contribution in [2.75, 3.05) is 16.6 Å². The summed E-state index contributed by atoms with van der Waals surface area (Å²) >= 11 is 3.29. The van der Waals surface area contributed by atoms with Crippen LogP contribution >= 0.6 is 15.9 Å². The van der Waals surface area contributed by atoms with Crippen molar-refractivity contribution in [3.63, 3.8) is 0 Å². The summed E-state index contributed by atoms with van der Waals surface area (Å²) in [5.74, 6) is 0.585. The Balaban J connectivity index is 1.78. The van der Waals surface area contributed by atoms with E-state index in [1.807, 2.05) is 0 Å². The Morgan fingerprint density at radius 3 is 1.70 bits per heavy atom. The summed E-state index contributed by atoms with van der Waals surface area (Å²) in [6, 6.07) is 16.7. The molecule has 0 saturated carbocycles. The summed E-state index contributed by atoms with van der Waals surface area (Å²) in [6.07, 6.45) is 0. The lowest BCUT2D eigenvalue weighted by Crippen LogP contribution is -2.14. The smallest absolute Gasteiger partial charge is 0.261 e. The predicted molar refractivity (Wildman–Crippen MR) is 120 cm³/mol. The Hall–Kier alpha value is -2.56. The van der Waals surface area contributed by atoms with E-state index in [-0.39, 0.29) is 15.5 Å². The lowest BCUT2D eigenvalue weighted by atomic mass is 10.2. The number of ether oxygens (including phenoxy) is 1. The van der Waals surface area contributed by atoms with E-state index in [1.165, 1.54) is 43.5 Å². The van der Waals surface area contributed by atoms with E-state index in [0.717, 1.165) is 4.47 Å². The Kier molecular flexibility index (Phi) is 6.39. The Morgan fingerprint density at radius 1 is 0.733 bits per heavy atom. The zero-order valence-corrected chi connectivity index (χ0v) is 19.3. The van der Waals surface area contributed by atoms with Gasteiger partial charge in [-0.3, -0.25) is 9.44 Å². The van der Waals surface area contributed by atoms with E-state index in [2.05, 4.69) is 25.4 Å². The van der Waals surface area contributed by atoms with Crippen molar-refractivity contribution in [1.82, 2.24) is 0 Å². The highest BCUT2D eigenvalue weighted by molar-refractivity contribution is 9.10. The summed E-state index contributed by atoms with van der Waals surface area (Å²) < 4.78 is 61.2. The van der Waals surface area contributed by atoms with Crippen LogP contribution in [0.4, 0.5) is 11.4 Å². The number of anilines is 2. The largest absolute Gasteiger partial charge is 0.496 e. The van der Waals surface area contributed by atoms with Crippen LogP contribution in [0.3, 0.4) is 0 Å². The SMILES string of the molecule is COc1ccc(S(=O)(=O)Nc2ccc(S(=O)(=O)Nc3ccc(Br)cc3)cc2)cc1C. The van der Waals surface area contributed by atoms with Gasteiger partial charge in [-0.1, -0.05) is 15.9 Å². The summed E-state index contributed by atoms with van der Waals surface area (Å²) in [7, 11) is -6.14. The highest BCUT2D eigenvalue weighted by atomic mass is 79.9. The first-order valence-corrected chi connectivity index (χ1v) is 12.4. The number of nitrogens with one attached hydrogen (secondary N) is 2. The van der Waals surface area contributed by atoms with Gasteiger partial charge in [0.2, 0.25) is 0 Å². The van der Waals surface area contributed by atoms with Crippen molar-refractivity contribution in [3.05, 3.63) is 76.8 Å². The second kappa shape index (κ2) is 8.66.